The molecule has 0 N–H and O–H groups in total. The highest BCUT2D eigenvalue weighted by Gasteiger charge is 2.21. The van der Waals surface area contributed by atoms with Gasteiger partial charge < -0.3 is 4.42 Å². The Labute approximate surface area is 117 Å². The quantitative estimate of drug-likeness (QED) is 0.464. The highest BCUT2D eigenvalue weighted by molar-refractivity contribution is 6.35. The van der Waals surface area contributed by atoms with E-state index in [9.17, 15) is 10.1 Å². The summed E-state index contributed by atoms with van der Waals surface area (Å²) in [6.45, 7) is 0. The second-order valence-corrected chi connectivity index (χ2v) is 4.74. The topological polar surface area (TPSA) is 56.3 Å². The normalized spacial score (nSPS) is 12.4. The molecule has 0 bridgehead atoms. The second-order valence-electron chi connectivity index (χ2n) is 3.46. The molecule has 1 atom stereocenters. The van der Waals surface area contributed by atoms with Gasteiger partial charge in [0.15, 0.2) is 0 Å². The Morgan fingerprint density at radius 1 is 1.22 bits per heavy atom. The minimum Gasteiger partial charge on any atom is -0.404 e. The summed E-state index contributed by atoms with van der Waals surface area (Å²) in [5, 5.41) is 10.7. The number of alkyl halides is 1. The van der Waals surface area contributed by atoms with Crippen LogP contribution in [0.1, 0.15) is 16.7 Å². The zero-order valence-corrected chi connectivity index (χ0v) is 11.0. The number of hydrogen-bond acceptors (Lipinski definition) is 3. The van der Waals surface area contributed by atoms with Crippen LogP contribution in [0.15, 0.2) is 34.7 Å². The zero-order chi connectivity index (χ0) is 13.3. The first-order valence-corrected chi connectivity index (χ1v) is 6.01. The first kappa shape index (κ1) is 13.2. The van der Waals surface area contributed by atoms with Gasteiger partial charge in [0.2, 0.25) is 0 Å². The van der Waals surface area contributed by atoms with Gasteiger partial charge in [0, 0.05) is 10.0 Å². The molecule has 2 aromatic rings. The molecule has 0 radical (unpaired) electrons. The van der Waals surface area contributed by atoms with E-state index in [0.717, 1.165) is 0 Å². The van der Waals surface area contributed by atoms with Gasteiger partial charge >= 0.3 is 5.88 Å². The molecule has 0 saturated heterocycles. The third-order valence-corrected chi connectivity index (χ3v) is 3.30. The van der Waals surface area contributed by atoms with Crippen LogP contribution in [-0.4, -0.2) is 4.92 Å². The Balaban J connectivity index is 2.37. The van der Waals surface area contributed by atoms with Crippen molar-refractivity contribution in [2.24, 2.45) is 0 Å². The van der Waals surface area contributed by atoms with Gasteiger partial charge in [-0.3, -0.25) is 10.1 Å². The summed E-state index contributed by atoms with van der Waals surface area (Å²) in [6.07, 6.45) is 0. The fourth-order valence-electron chi connectivity index (χ4n) is 1.44. The maximum absolute atomic E-state index is 10.5. The van der Waals surface area contributed by atoms with Crippen molar-refractivity contribution in [2.45, 2.75) is 5.38 Å². The molecular formula is C11H6Cl3NO3. The predicted molar refractivity (Wildman–Crippen MR) is 69.5 cm³/mol. The van der Waals surface area contributed by atoms with Crippen LogP contribution in [0.3, 0.4) is 0 Å². The average molecular weight is 307 g/mol. The third-order valence-electron chi connectivity index (χ3n) is 2.27. The van der Waals surface area contributed by atoms with Gasteiger partial charge in [-0.05, 0) is 29.8 Å². The third kappa shape index (κ3) is 2.61. The predicted octanol–water partition coefficient (Wildman–Crippen LogP) is 4.82. The summed E-state index contributed by atoms with van der Waals surface area (Å²) >= 11 is 18.0. The van der Waals surface area contributed by atoms with Crippen LogP contribution in [0.5, 0.6) is 0 Å². The number of furan rings is 1. The van der Waals surface area contributed by atoms with Crippen molar-refractivity contribution in [3.8, 4) is 0 Å². The molecule has 1 aromatic heterocycles. The van der Waals surface area contributed by atoms with Crippen LogP contribution in [0, 0.1) is 10.1 Å². The standard InChI is InChI=1S/C11H6Cl3NO3/c12-6-1-2-8(13)7(5-6)11(14)9-3-4-10(18-9)15(16)17/h1-5,11H. The molecule has 7 heteroatoms. The largest absolute Gasteiger partial charge is 0.433 e. The first-order valence-electron chi connectivity index (χ1n) is 4.82. The number of halogens is 3. The van der Waals surface area contributed by atoms with Crippen LogP contribution in [0.25, 0.3) is 0 Å². The van der Waals surface area contributed by atoms with Crippen molar-refractivity contribution >= 4 is 40.7 Å². The van der Waals surface area contributed by atoms with Crippen molar-refractivity contribution in [3.63, 3.8) is 0 Å². The minimum atomic E-state index is -0.732. The van der Waals surface area contributed by atoms with Crippen molar-refractivity contribution in [2.75, 3.05) is 0 Å². The Morgan fingerprint density at radius 2 is 1.94 bits per heavy atom. The average Bonchev–Trinajstić information content (AvgIpc) is 2.81. The van der Waals surface area contributed by atoms with Crippen LogP contribution in [-0.2, 0) is 0 Å². The SMILES string of the molecule is O=[N+]([O-])c1ccc(C(Cl)c2cc(Cl)ccc2Cl)o1. The Hall–Kier alpha value is -1.23. The summed E-state index contributed by atoms with van der Waals surface area (Å²) in [6, 6.07) is 7.50. The monoisotopic (exact) mass is 305 g/mol. The number of benzene rings is 1. The van der Waals surface area contributed by atoms with Crippen LogP contribution >= 0.6 is 34.8 Å². The molecule has 1 unspecified atom stereocenters. The molecule has 0 aliphatic heterocycles. The number of nitrogens with zero attached hydrogens (tertiary/aromatic N) is 1. The molecule has 0 amide bonds. The maximum Gasteiger partial charge on any atom is 0.433 e. The molecule has 1 heterocycles. The highest BCUT2D eigenvalue weighted by atomic mass is 35.5. The van der Waals surface area contributed by atoms with Gasteiger partial charge in [-0.2, -0.15) is 0 Å². The van der Waals surface area contributed by atoms with E-state index in [0.29, 0.717) is 15.6 Å². The van der Waals surface area contributed by atoms with E-state index in [2.05, 4.69) is 0 Å². The lowest BCUT2D eigenvalue weighted by atomic mass is 10.1. The second kappa shape index (κ2) is 5.18. The van der Waals surface area contributed by atoms with Gasteiger partial charge in [0.25, 0.3) is 0 Å². The fraction of sp³-hybridized carbons (Fsp3) is 0.0909. The lowest BCUT2D eigenvalue weighted by Crippen LogP contribution is -1.93. The summed E-state index contributed by atoms with van der Waals surface area (Å²) in [4.78, 5) is 9.88. The van der Waals surface area contributed by atoms with Gasteiger partial charge in [-0.1, -0.05) is 23.2 Å². The van der Waals surface area contributed by atoms with Crippen molar-refractivity contribution in [1.82, 2.24) is 0 Å². The Morgan fingerprint density at radius 3 is 2.56 bits per heavy atom. The summed E-state index contributed by atoms with van der Waals surface area (Å²) in [5.74, 6) is -0.124. The maximum atomic E-state index is 10.5. The summed E-state index contributed by atoms with van der Waals surface area (Å²) < 4.78 is 5.02. The molecule has 0 aliphatic rings. The Bertz CT molecular complexity index is 597. The minimum absolute atomic E-state index is 0.243. The van der Waals surface area contributed by atoms with Crippen LogP contribution in [0.4, 0.5) is 5.88 Å². The smallest absolute Gasteiger partial charge is 0.404 e. The van der Waals surface area contributed by atoms with Crippen molar-refractivity contribution < 1.29 is 9.34 Å². The molecule has 4 nitrogen and oxygen atoms in total. The van der Waals surface area contributed by atoms with E-state index in [1.54, 1.807) is 18.2 Å². The molecule has 0 spiro atoms. The van der Waals surface area contributed by atoms with E-state index in [-0.39, 0.29) is 11.6 Å². The van der Waals surface area contributed by atoms with Crippen molar-refractivity contribution in [1.29, 1.82) is 0 Å². The highest BCUT2D eigenvalue weighted by Crippen LogP contribution is 2.36. The summed E-state index contributed by atoms with van der Waals surface area (Å²) in [5.41, 5.74) is 0.537. The van der Waals surface area contributed by atoms with Gasteiger partial charge in [-0.15, -0.1) is 11.6 Å². The van der Waals surface area contributed by atoms with Gasteiger partial charge in [0.05, 0.1) is 6.07 Å². The molecular weight excluding hydrogens is 300 g/mol. The molecule has 0 fully saturated rings. The lowest BCUT2D eigenvalue weighted by molar-refractivity contribution is -0.402. The van der Waals surface area contributed by atoms with Gasteiger partial charge in [0.1, 0.15) is 16.1 Å². The van der Waals surface area contributed by atoms with Crippen molar-refractivity contribution in [3.05, 3.63) is 61.8 Å². The number of rotatable bonds is 3. The van der Waals surface area contributed by atoms with Crippen LogP contribution < -0.4 is 0 Å². The van der Waals surface area contributed by atoms with E-state index >= 15 is 0 Å². The van der Waals surface area contributed by atoms with E-state index < -0.39 is 10.3 Å². The van der Waals surface area contributed by atoms with Crippen LogP contribution in [0.2, 0.25) is 10.0 Å². The zero-order valence-electron chi connectivity index (χ0n) is 8.77. The Kier molecular flexibility index (Phi) is 3.80. The molecule has 1 aromatic carbocycles. The molecule has 94 valence electrons. The molecule has 18 heavy (non-hydrogen) atoms. The number of hydrogen-bond donors (Lipinski definition) is 0. The molecule has 2 rings (SSSR count). The number of nitro groups is 1. The lowest BCUT2D eigenvalue weighted by Gasteiger charge is -2.09. The van der Waals surface area contributed by atoms with E-state index in [1.165, 1.54) is 12.1 Å². The van der Waals surface area contributed by atoms with E-state index in [1.807, 2.05) is 0 Å². The molecule has 0 saturated carbocycles. The fourth-order valence-corrected chi connectivity index (χ4v) is 2.20. The summed E-state index contributed by atoms with van der Waals surface area (Å²) in [7, 11) is 0. The first-order chi connectivity index (χ1) is 8.49. The molecule has 0 aliphatic carbocycles. The van der Waals surface area contributed by atoms with E-state index in [4.69, 9.17) is 39.2 Å². The van der Waals surface area contributed by atoms with Gasteiger partial charge in [-0.25, -0.2) is 0 Å².